The molecule has 1 atom stereocenters. The number of nitrogen functional groups attached to an aromatic ring is 1. The van der Waals surface area contributed by atoms with Gasteiger partial charge in [-0.05, 0) is 28.5 Å². The molecule has 1 rings (SSSR count). The van der Waals surface area contributed by atoms with Gasteiger partial charge >= 0.3 is 0 Å². The Morgan fingerprint density at radius 2 is 2.42 bits per heavy atom. The average Bonchev–Trinajstić information content (AvgIpc) is 2.36. The summed E-state index contributed by atoms with van der Waals surface area (Å²) < 4.78 is 2.91. The van der Waals surface area contributed by atoms with Crippen LogP contribution < -0.4 is 5.73 Å². The third kappa shape index (κ3) is 2.12. The van der Waals surface area contributed by atoms with E-state index in [0.717, 1.165) is 22.4 Å². The third-order valence-electron chi connectivity index (χ3n) is 2.01. The van der Waals surface area contributed by atoms with Gasteiger partial charge in [0.2, 0.25) is 0 Å². The van der Waals surface area contributed by atoms with Crippen LogP contribution in [0.4, 0.5) is 5.82 Å². The highest BCUT2D eigenvalue weighted by atomic mass is 127. The predicted molar refractivity (Wildman–Crippen MR) is 58.8 cm³/mol. The molecule has 0 aliphatic rings. The first kappa shape index (κ1) is 9.83. The van der Waals surface area contributed by atoms with Crippen molar-refractivity contribution in [2.24, 2.45) is 5.92 Å². The highest BCUT2D eigenvalue weighted by Crippen LogP contribution is 2.15. The largest absolute Gasteiger partial charge is 0.383 e. The summed E-state index contributed by atoms with van der Waals surface area (Å²) in [6.45, 7) is 5.30. The topological polar surface area (TPSA) is 43.8 Å². The molecule has 0 aliphatic carbocycles. The molecule has 0 aromatic carbocycles. The summed E-state index contributed by atoms with van der Waals surface area (Å²) in [5.41, 5.74) is 5.80. The van der Waals surface area contributed by atoms with Crippen LogP contribution in [0.3, 0.4) is 0 Å². The number of halogens is 1. The summed E-state index contributed by atoms with van der Waals surface area (Å²) >= 11 is 2.20. The van der Waals surface area contributed by atoms with Gasteiger partial charge in [-0.2, -0.15) is 5.10 Å². The van der Waals surface area contributed by atoms with Gasteiger partial charge in [-0.25, -0.2) is 4.68 Å². The van der Waals surface area contributed by atoms with E-state index in [1.54, 1.807) is 6.20 Å². The molecule has 0 spiro atoms. The van der Waals surface area contributed by atoms with E-state index in [-0.39, 0.29) is 0 Å². The van der Waals surface area contributed by atoms with E-state index in [4.69, 9.17) is 5.73 Å². The lowest BCUT2D eigenvalue weighted by Crippen LogP contribution is -2.10. The number of nitrogens with two attached hydrogens (primary N) is 1. The Morgan fingerprint density at radius 3 is 2.83 bits per heavy atom. The summed E-state index contributed by atoms with van der Waals surface area (Å²) in [4.78, 5) is 0. The number of nitrogens with zero attached hydrogens (tertiary/aromatic N) is 2. The molecule has 0 saturated carbocycles. The summed E-state index contributed by atoms with van der Waals surface area (Å²) in [5, 5.41) is 4.19. The highest BCUT2D eigenvalue weighted by molar-refractivity contribution is 14.1. The molecule has 4 heteroatoms. The molecular weight excluding hydrogens is 265 g/mol. The van der Waals surface area contributed by atoms with Gasteiger partial charge in [-0.15, -0.1) is 0 Å². The van der Waals surface area contributed by atoms with Crippen LogP contribution in [0, 0.1) is 9.49 Å². The lowest BCUT2D eigenvalue weighted by molar-refractivity contribution is 0.443. The van der Waals surface area contributed by atoms with Crippen LogP contribution in [0.1, 0.15) is 20.3 Å². The van der Waals surface area contributed by atoms with E-state index in [1.165, 1.54) is 0 Å². The zero-order valence-corrected chi connectivity index (χ0v) is 9.58. The number of hydrogen-bond acceptors (Lipinski definition) is 2. The Kier molecular flexibility index (Phi) is 3.37. The van der Waals surface area contributed by atoms with Crippen molar-refractivity contribution in [3.8, 4) is 0 Å². The van der Waals surface area contributed by atoms with Crippen molar-refractivity contribution in [3.63, 3.8) is 0 Å². The van der Waals surface area contributed by atoms with Crippen LogP contribution in [-0.2, 0) is 6.54 Å². The monoisotopic (exact) mass is 279 g/mol. The summed E-state index contributed by atoms with van der Waals surface area (Å²) in [5.74, 6) is 1.43. The van der Waals surface area contributed by atoms with Crippen LogP contribution in [0.15, 0.2) is 6.20 Å². The minimum absolute atomic E-state index is 0.642. The van der Waals surface area contributed by atoms with Gasteiger partial charge in [0.1, 0.15) is 5.82 Å². The normalized spacial score (nSPS) is 13.2. The first-order valence-electron chi connectivity index (χ1n) is 4.12. The maximum Gasteiger partial charge on any atom is 0.135 e. The Bertz CT molecular complexity index is 257. The van der Waals surface area contributed by atoms with Crippen molar-refractivity contribution in [2.75, 3.05) is 5.73 Å². The molecule has 0 radical (unpaired) electrons. The van der Waals surface area contributed by atoms with E-state index in [0.29, 0.717) is 5.92 Å². The van der Waals surface area contributed by atoms with Crippen molar-refractivity contribution in [3.05, 3.63) is 9.77 Å². The molecule has 1 unspecified atom stereocenters. The van der Waals surface area contributed by atoms with E-state index in [2.05, 4.69) is 41.5 Å². The van der Waals surface area contributed by atoms with E-state index in [9.17, 15) is 0 Å². The van der Waals surface area contributed by atoms with E-state index >= 15 is 0 Å². The van der Waals surface area contributed by atoms with Gasteiger partial charge in [-0.3, -0.25) is 0 Å². The van der Waals surface area contributed by atoms with Gasteiger partial charge in [-0.1, -0.05) is 20.3 Å². The van der Waals surface area contributed by atoms with Crippen LogP contribution >= 0.6 is 22.6 Å². The van der Waals surface area contributed by atoms with Crippen molar-refractivity contribution in [1.82, 2.24) is 9.78 Å². The molecule has 1 aromatic rings. The number of anilines is 1. The Balaban J connectivity index is 2.69. The molecule has 12 heavy (non-hydrogen) atoms. The second-order valence-electron chi connectivity index (χ2n) is 3.07. The fraction of sp³-hybridized carbons (Fsp3) is 0.625. The molecule has 0 bridgehead atoms. The third-order valence-corrected chi connectivity index (χ3v) is 2.85. The fourth-order valence-corrected chi connectivity index (χ4v) is 1.34. The molecule has 1 heterocycles. The summed E-state index contributed by atoms with van der Waals surface area (Å²) in [6.07, 6.45) is 2.97. The molecule has 0 aliphatic heterocycles. The van der Waals surface area contributed by atoms with Crippen molar-refractivity contribution < 1.29 is 0 Å². The highest BCUT2D eigenvalue weighted by Gasteiger charge is 2.06. The molecule has 0 saturated heterocycles. The summed E-state index contributed by atoms with van der Waals surface area (Å²) in [7, 11) is 0. The first-order valence-corrected chi connectivity index (χ1v) is 5.19. The minimum atomic E-state index is 0.642. The van der Waals surface area contributed by atoms with Crippen LogP contribution in [0.25, 0.3) is 0 Å². The molecule has 68 valence electrons. The van der Waals surface area contributed by atoms with Crippen molar-refractivity contribution in [2.45, 2.75) is 26.8 Å². The predicted octanol–water partition coefficient (Wildman–Crippen LogP) is 2.12. The number of hydrogen-bond donors (Lipinski definition) is 1. The molecule has 0 fully saturated rings. The first-order chi connectivity index (χ1) is 5.65. The van der Waals surface area contributed by atoms with Crippen LogP contribution in [-0.4, -0.2) is 9.78 Å². The number of rotatable bonds is 3. The van der Waals surface area contributed by atoms with Crippen molar-refractivity contribution in [1.29, 1.82) is 0 Å². The lowest BCUT2D eigenvalue weighted by Gasteiger charge is -2.09. The maximum atomic E-state index is 5.80. The molecule has 3 nitrogen and oxygen atoms in total. The average molecular weight is 279 g/mol. The number of aromatic nitrogens is 2. The molecule has 1 aromatic heterocycles. The lowest BCUT2D eigenvalue weighted by atomic mass is 10.1. The Hall–Kier alpha value is -0.260. The summed E-state index contributed by atoms with van der Waals surface area (Å²) in [6, 6.07) is 0. The maximum absolute atomic E-state index is 5.80. The molecule has 2 N–H and O–H groups in total. The second-order valence-corrected chi connectivity index (χ2v) is 4.24. The standard InChI is InChI=1S/C8H14IN3/c1-3-6(2)5-12-8(10)7(9)4-11-12/h4,6H,3,5,10H2,1-2H3. The fourth-order valence-electron chi connectivity index (χ4n) is 0.942. The molecule has 0 amide bonds. The van der Waals surface area contributed by atoms with E-state index < -0.39 is 0 Å². The van der Waals surface area contributed by atoms with Gasteiger partial charge in [0.05, 0.1) is 9.77 Å². The van der Waals surface area contributed by atoms with Gasteiger partial charge < -0.3 is 5.73 Å². The zero-order valence-electron chi connectivity index (χ0n) is 7.42. The SMILES string of the molecule is CCC(C)Cn1ncc(I)c1N. The second kappa shape index (κ2) is 4.11. The Morgan fingerprint density at radius 1 is 1.75 bits per heavy atom. The van der Waals surface area contributed by atoms with Gasteiger partial charge in [0.25, 0.3) is 0 Å². The van der Waals surface area contributed by atoms with E-state index in [1.807, 2.05) is 4.68 Å². The van der Waals surface area contributed by atoms with Gasteiger partial charge in [0, 0.05) is 6.54 Å². The van der Waals surface area contributed by atoms with Crippen LogP contribution in [0.5, 0.6) is 0 Å². The quantitative estimate of drug-likeness (QED) is 0.861. The minimum Gasteiger partial charge on any atom is -0.383 e. The van der Waals surface area contributed by atoms with Crippen molar-refractivity contribution >= 4 is 28.4 Å². The Labute approximate surface area is 86.5 Å². The smallest absolute Gasteiger partial charge is 0.135 e. The zero-order chi connectivity index (χ0) is 9.14. The van der Waals surface area contributed by atoms with Gasteiger partial charge in [0.15, 0.2) is 0 Å². The van der Waals surface area contributed by atoms with Crippen LogP contribution in [0.2, 0.25) is 0 Å². The molecular formula is C8H14IN3.